The Bertz CT molecular complexity index is 1050. The maximum Gasteiger partial charge on any atom is 0.337 e. The number of hydrogen-bond donors (Lipinski definition) is 3. The molecule has 3 aromatic rings. The van der Waals surface area contributed by atoms with Crippen molar-refractivity contribution in [2.24, 2.45) is 5.16 Å². The largest absolute Gasteiger partial charge is 0.478 e. The number of carboxylic acids is 1. The number of halogens is 1. The number of benzene rings is 2. The summed E-state index contributed by atoms with van der Waals surface area (Å²) in [7, 11) is 0. The fourth-order valence-electron chi connectivity index (χ4n) is 2.56. The van der Waals surface area contributed by atoms with Crippen LogP contribution in [0, 0.1) is 0 Å². The number of nitrogens with one attached hydrogen (secondary N) is 1. The molecule has 1 amide bonds. The van der Waals surface area contributed by atoms with Crippen LogP contribution in [-0.4, -0.2) is 32.9 Å². The van der Waals surface area contributed by atoms with E-state index in [1.54, 1.807) is 48.8 Å². The van der Waals surface area contributed by atoms with E-state index in [0.717, 1.165) is 0 Å². The van der Waals surface area contributed by atoms with Gasteiger partial charge in [-0.1, -0.05) is 28.9 Å². The molecular formula is C20H14ClN3O4. The van der Waals surface area contributed by atoms with Crippen LogP contribution in [0.5, 0.6) is 0 Å². The molecule has 8 heteroatoms. The molecule has 0 radical (unpaired) electrons. The predicted octanol–water partition coefficient (Wildman–Crippen LogP) is 3.91. The number of pyridine rings is 1. The minimum atomic E-state index is -1.20. The third kappa shape index (κ3) is 4.16. The molecular weight excluding hydrogens is 382 g/mol. The van der Waals surface area contributed by atoms with Crippen LogP contribution in [-0.2, 0) is 0 Å². The molecule has 0 bridgehead atoms. The Hall–Kier alpha value is -3.71. The molecule has 0 saturated heterocycles. The molecule has 0 spiro atoms. The zero-order valence-corrected chi connectivity index (χ0v) is 15.1. The highest BCUT2D eigenvalue weighted by Crippen LogP contribution is 2.22. The van der Waals surface area contributed by atoms with Crippen molar-refractivity contribution in [2.45, 2.75) is 0 Å². The lowest BCUT2D eigenvalue weighted by Crippen LogP contribution is -2.15. The number of carboxylic acid groups (broad SMARTS) is 1. The van der Waals surface area contributed by atoms with Crippen LogP contribution >= 0.6 is 11.6 Å². The van der Waals surface area contributed by atoms with Gasteiger partial charge in [0.2, 0.25) is 0 Å². The van der Waals surface area contributed by atoms with Gasteiger partial charge in [0.05, 0.1) is 11.3 Å². The Balaban J connectivity index is 1.82. The van der Waals surface area contributed by atoms with Crippen molar-refractivity contribution >= 4 is 34.9 Å². The van der Waals surface area contributed by atoms with E-state index in [1.165, 1.54) is 18.2 Å². The van der Waals surface area contributed by atoms with Crippen molar-refractivity contribution in [1.82, 2.24) is 4.98 Å². The Morgan fingerprint density at radius 1 is 1.00 bits per heavy atom. The van der Waals surface area contributed by atoms with Gasteiger partial charge < -0.3 is 15.6 Å². The fraction of sp³-hybridized carbons (Fsp3) is 0. The lowest BCUT2D eigenvalue weighted by molar-refractivity contribution is 0.0698. The van der Waals surface area contributed by atoms with Crippen LogP contribution in [0.4, 0.5) is 5.69 Å². The monoisotopic (exact) mass is 395 g/mol. The average molecular weight is 396 g/mol. The van der Waals surface area contributed by atoms with Crippen LogP contribution in [0.25, 0.3) is 0 Å². The third-order valence-corrected chi connectivity index (χ3v) is 4.15. The predicted molar refractivity (Wildman–Crippen MR) is 104 cm³/mol. The Kier molecular flexibility index (Phi) is 5.67. The average Bonchev–Trinajstić information content (AvgIpc) is 2.71. The highest BCUT2D eigenvalue weighted by Gasteiger charge is 2.15. The fourth-order valence-corrected chi connectivity index (χ4v) is 2.73. The topological polar surface area (TPSA) is 112 Å². The normalized spacial score (nSPS) is 11.1. The molecule has 0 aliphatic carbocycles. The first-order valence-corrected chi connectivity index (χ1v) is 8.44. The summed E-state index contributed by atoms with van der Waals surface area (Å²) in [4.78, 5) is 27.8. The van der Waals surface area contributed by atoms with Crippen LogP contribution in [0.3, 0.4) is 0 Å². The first kappa shape index (κ1) is 19.1. The first-order chi connectivity index (χ1) is 13.5. The van der Waals surface area contributed by atoms with Crippen molar-refractivity contribution in [1.29, 1.82) is 0 Å². The van der Waals surface area contributed by atoms with Gasteiger partial charge in [0.25, 0.3) is 5.91 Å². The molecule has 0 aliphatic rings. The number of aromatic carboxylic acids is 1. The van der Waals surface area contributed by atoms with Crippen LogP contribution < -0.4 is 5.32 Å². The maximum absolute atomic E-state index is 12.5. The third-order valence-electron chi connectivity index (χ3n) is 3.92. The van der Waals surface area contributed by atoms with Crippen molar-refractivity contribution in [3.05, 3.63) is 94.3 Å². The lowest BCUT2D eigenvalue weighted by atomic mass is 10.0. The van der Waals surface area contributed by atoms with Crippen molar-refractivity contribution < 1.29 is 19.9 Å². The quantitative estimate of drug-likeness (QED) is 0.344. The minimum Gasteiger partial charge on any atom is -0.478 e. The van der Waals surface area contributed by atoms with E-state index in [4.69, 9.17) is 11.6 Å². The maximum atomic E-state index is 12.5. The lowest BCUT2D eigenvalue weighted by Gasteiger charge is -2.10. The number of nitrogens with zero attached hydrogens (tertiary/aromatic N) is 2. The first-order valence-electron chi connectivity index (χ1n) is 8.06. The van der Waals surface area contributed by atoms with Gasteiger partial charge >= 0.3 is 5.97 Å². The smallest absolute Gasteiger partial charge is 0.337 e. The van der Waals surface area contributed by atoms with E-state index >= 15 is 0 Å². The molecule has 3 rings (SSSR count). The summed E-state index contributed by atoms with van der Waals surface area (Å²) in [5.74, 6) is -1.69. The zero-order valence-electron chi connectivity index (χ0n) is 14.3. The summed E-state index contributed by atoms with van der Waals surface area (Å²) in [6.45, 7) is 0. The molecule has 28 heavy (non-hydrogen) atoms. The summed E-state index contributed by atoms with van der Waals surface area (Å²) in [6.07, 6.45) is 3.16. The van der Waals surface area contributed by atoms with Crippen molar-refractivity contribution in [3.63, 3.8) is 0 Å². The molecule has 3 N–H and O–H groups in total. The second kappa shape index (κ2) is 8.32. The van der Waals surface area contributed by atoms with Crippen molar-refractivity contribution in [2.75, 3.05) is 5.32 Å². The minimum absolute atomic E-state index is 0.108. The zero-order chi connectivity index (χ0) is 20.1. The van der Waals surface area contributed by atoms with Gasteiger partial charge in [-0.2, -0.15) is 0 Å². The van der Waals surface area contributed by atoms with Gasteiger partial charge in [0, 0.05) is 34.1 Å². The Morgan fingerprint density at radius 3 is 2.32 bits per heavy atom. The number of carbonyl (C=O) groups excluding carboxylic acids is 1. The van der Waals surface area contributed by atoms with E-state index in [1.807, 2.05) is 0 Å². The standard InChI is InChI=1S/C20H14ClN3O4/c21-15-7-8-17(16(10-15)20(26)27)23-19(25)13-5-3-12(4-6-13)18(24-28)14-2-1-9-22-11-14/h1-11,28H,(H,23,25)(H,26,27)/b24-18+. The molecule has 1 heterocycles. The van der Waals surface area contributed by atoms with Crippen LogP contribution in [0.15, 0.2) is 72.1 Å². The highest BCUT2D eigenvalue weighted by atomic mass is 35.5. The van der Waals surface area contributed by atoms with Gasteiger partial charge in [0.1, 0.15) is 5.71 Å². The molecule has 1 aromatic heterocycles. The Morgan fingerprint density at radius 2 is 1.71 bits per heavy atom. The van der Waals surface area contributed by atoms with Crippen LogP contribution in [0.1, 0.15) is 31.8 Å². The number of hydrogen-bond acceptors (Lipinski definition) is 5. The van der Waals surface area contributed by atoms with E-state index in [0.29, 0.717) is 22.4 Å². The molecule has 0 saturated carbocycles. The number of anilines is 1. The molecule has 0 aliphatic heterocycles. The number of aromatic nitrogens is 1. The molecule has 7 nitrogen and oxygen atoms in total. The van der Waals surface area contributed by atoms with Crippen LogP contribution in [0.2, 0.25) is 5.02 Å². The summed E-state index contributed by atoms with van der Waals surface area (Å²) in [6, 6.07) is 14.0. The second-order valence-electron chi connectivity index (χ2n) is 5.72. The number of amides is 1. The molecule has 0 unspecified atom stereocenters. The van der Waals surface area contributed by atoms with E-state index < -0.39 is 11.9 Å². The van der Waals surface area contributed by atoms with Gasteiger partial charge in [-0.25, -0.2) is 4.79 Å². The molecule has 140 valence electrons. The van der Waals surface area contributed by atoms with Gasteiger partial charge in [0.15, 0.2) is 0 Å². The molecule has 2 aromatic carbocycles. The van der Waals surface area contributed by atoms with Gasteiger partial charge in [-0.15, -0.1) is 0 Å². The van der Waals surface area contributed by atoms with Gasteiger partial charge in [-0.05, 0) is 42.5 Å². The second-order valence-corrected chi connectivity index (χ2v) is 6.15. The number of oxime groups is 1. The number of carbonyl (C=O) groups is 2. The Labute approximate surface area is 164 Å². The number of rotatable bonds is 5. The SMILES string of the molecule is O=C(Nc1ccc(Cl)cc1C(=O)O)c1ccc(/C(=N\O)c2cccnc2)cc1. The summed E-state index contributed by atoms with van der Waals surface area (Å²) >= 11 is 5.81. The van der Waals surface area contributed by atoms with Crippen molar-refractivity contribution in [3.8, 4) is 0 Å². The van der Waals surface area contributed by atoms with Gasteiger partial charge in [-0.3, -0.25) is 9.78 Å². The highest BCUT2D eigenvalue weighted by molar-refractivity contribution is 6.31. The summed E-state index contributed by atoms with van der Waals surface area (Å²) < 4.78 is 0. The van der Waals surface area contributed by atoms with E-state index in [2.05, 4.69) is 15.5 Å². The van der Waals surface area contributed by atoms with E-state index in [9.17, 15) is 19.9 Å². The summed E-state index contributed by atoms with van der Waals surface area (Å²) in [5.41, 5.74) is 1.85. The van der Waals surface area contributed by atoms with E-state index in [-0.39, 0.29) is 16.3 Å². The molecule has 0 fully saturated rings. The summed E-state index contributed by atoms with van der Waals surface area (Å²) in [5, 5.41) is 24.7. The molecule has 0 atom stereocenters.